The van der Waals surface area contributed by atoms with Crippen LogP contribution in [0.4, 0.5) is 9.52 Å². The molecule has 3 aromatic heterocycles. The topological polar surface area (TPSA) is 62.1 Å². The Morgan fingerprint density at radius 3 is 2.88 bits per heavy atom. The van der Waals surface area contributed by atoms with Crippen molar-refractivity contribution in [2.24, 2.45) is 0 Å². The van der Waals surface area contributed by atoms with Gasteiger partial charge < -0.3 is 9.88 Å². The second-order valence-corrected chi connectivity index (χ2v) is 7.44. The van der Waals surface area contributed by atoms with Crippen molar-refractivity contribution in [3.05, 3.63) is 54.5 Å². The summed E-state index contributed by atoms with van der Waals surface area (Å²) < 4.78 is 14.9. The van der Waals surface area contributed by atoms with Gasteiger partial charge in [-0.3, -0.25) is 0 Å². The number of nitrogens with one attached hydrogen (secondary N) is 1. The average molecular weight is 368 g/mol. The molecule has 1 fully saturated rings. The Kier molecular flexibility index (Phi) is 3.70. The highest BCUT2D eigenvalue weighted by Crippen LogP contribution is 2.32. The summed E-state index contributed by atoms with van der Waals surface area (Å²) in [7, 11) is 0. The van der Waals surface area contributed by atoms with Crippen molar-refractivity contribution in [2.45, 2.75) is 18.8 Å². The van der Waals surface area contributed by atoms with E-state index in [9.17, 15) is 4.39 Å². The molecule has 0 radical (unpaired) electrons. The molecule has 1 unspecified atom stereocenters. The van der Waals surface area contributed by atoms with Crippen LogP contribution >= 0.6 is 11.3 Å². The van der Waals surface area contributed by atoms with Crippen molar-refractivity contribution in [3.63, 3.8) is 0 Å². The largest absolute Gasteiger partial charge is 0.348 e. The molecule has 1 aliphatic rings. The van der Waals surface area contributed by atoms with Crippen LogP contribution in [0.1, 0.15) is 24.6 Å². The molecule has 1 N–H and O–H groups in total. The Bertz CT molecular complexity index is 989. The van der Waals surface area contributed by atoms with E-state index < -0.39 is 0 Å². The lowest BCUT2D eigenvalue weighted by Crippen LogP contribution is -2.34. The maximum Gasteiger partial charge on any atom is 0.214 e. The molecule has 1 aromatic carbocycles. The maximum absolute atomic E-state index is 13.1. The van der Waals surface area contributed by atoms with Crippen LogP contribution in [0, 0.1) is 5.82 Å². The second kappa shape index (κ2) is 6.21. The molecule has 26 heavy (non-hydrogen) atoms. The molecule has 0 spiro atoms. The van der Waals surface area contributed by atoms with Gasteiger partial charge in [-0.25, -0.2) is 18.9 Å². The summed E-state index contributed by atoms with van der Waals surface area (Å²) in [6, 6.07) is 6.37. The van der Waals surface area contributed by atoms with Crippen molar-refractivity contribution in [2.75, 3.05) is 18.0 Å². The molecule has 132 valence electrons. The number of benzene rings is 1. The molecule has 8 heteroatoms. The van der Waals surface area contributed by atoms with Crippen molar-refractivity contribution >= 4 is 21.4 Å². The third-order valence-electron chi connectivity index (χ3n) is 4.77. The van der Waals surface area contributed by atoms with E-state index in [0.717, 1.165) is 53.1 Å². The summed E-state index contributed by atoms with van der Waals surface area (Å²) in [4.78, 5) is 15.4. The fraction of sp³-hybridized carbons (Fsp3) is 0.278. The average Bonchev–Trinajstić information content (AvgIpc) is 3.39. The molecule has 4 aromatic rings. The highest BCUT2D eigenvalue weighted by molar-refractivity contribution is 7.20. The normalized spacial score (nSPS) is 17.9. The van der Waals surface area contributed by atoms with Crippen LogP contribution in [0.25, 0.3) is 16.2 Å². The van der Waals surface area contributed by atoms with Gasteiger partial charge in [-0.15, -0.1) is 5.10 Å². The van der Waals surface area contributed by atoms with Crippen LogP contribution in [0.15, 0.2) is 42.9 Å². The van der Waals surface area contributed by atoms with Gasteiger partial charge in [-0.2, -0.15) is 0 Å². The first kappa shape index (κ1) is 15.5. The number of halogens is 1. The van der Waals surface area contributed by atoms with E-state index in [4.69, 9.17) is 5.10 Å². The number of aromatic amines is 1. The molecular formula is C18H17FN6S. The van der Waals surface area contributed by atoms with Crippen LogP contribution in [-0.4, -0.2) is 37.7 Å². The lowest BCUT2D eigenvalue weighted by molar-refractivity contribution is 0.492. The predicted molar refractivity (Wildman–Crippen MR) is 99.0 cm³/mol. The number of imidazole rings is 2. The zero-order valence-electron chi connectivity index (χ0n) is 14.0. The highest BCUT2D eigenvalue weighted by atomic mass is 32.1. The molecule has 1 atom stereocenters. The fourth-order valence-electron chi connectivity index (χ4n) is 3.45. The number of anilines is 1. The van der Waals surface area contributed by atoms with E-state index in [1.807, 2.05) is 23.1 Å². The summed E-state index contributed by atoms with van der Waals surface area (Å²) in [5.74, 6) is 1.21. The van der Waals surface area contributed by atoms with Crippen LogP contribution in [0.3, 0.4) is 0 Å². The molecule has 6 nitrogen and oxygen atoms in total. The summed E-state index contributed by atoms with van der Waals surface area (Å²) in [5, 5.41) is 5.69. The molecule has 0 aliphatic carbocycles. The number of hydrogen-bond acceptors (Lipinski definition) is 5. The quantitative estimate of drug-likeness (QED) is 0.599. The van der Waals surface area contributed by atoms with Gasteiger partial charge in [0.1, 0.15) is 11.6 Å². The number of aromatic nitrogens is 5. The first-order chi connectivity index (χ1) is 12.8. The Morgan fingerprint density at radius 1 is 1.23 bits per heavy atom. The first-order valence-electron chi connectivity index (χ1n) is 8.62. The van der Waals surface area contributed by atoms with Crippen molar-refractivity contribution in [1.82, 2.24) is 24.6 Å². The van der Waals surface area contributed by atoms with Crippen molar-refractivity contribution < 1.29 is 4.39 Å². The van der Waals surface area contributed by atoms with Crippen LogP contribution in [0.2, 0.25) is 0 Å². The number of nitrogens with zero attached hydrogens (tertiary/aromatic N) is 5. The lowest BCUT2D eigenvalue weighted by Gasteiger charge is -2.31. The summed E-state index contributed by atoms with van der Waals surface area (Å²) in [6.07, 6.45) is 7.84. The Hall–Kier alpha value is -2.74. The monoisotopic (exact) mass is 368 g/mol. The van der Waals surface area contributed by atoms with Crippen molar-refractivity contribution in [1.29, 1.82) is 0 Å². The predicted octanol–water partition coefficient (Wildman–Crippen LogP) is 3.70. The van der Waals surface area contributed by atoms with E-state index >= 15 is 0 Å². The number of fused-ring (bicyclic) bond motifs is 1. The number of hydrogen-bond donors (Lipinski definition) is 1. The van der Waals surface area contributed by atoms with Gasteiger partial charge in [0.15, 0.2) is 0 Å². The zero-order chi connectivity index (χ0) is 17.5. The lowest BCUT2D eigenvalue weighted by atomic mass is 9.98. The smallest absolute Gasteiger partial charge is 0.214 e. The van der Waals surface area contributed by atoms with E-state index in [-0.39, 0.29) is 5.82 Å². The Morgan fingerprint density at radius 2 is 2.12 bits per heavy atom. The van der Waals surface area contributed by atoms with Gasteiger partial charge in [-0.05, 0) is 37.1 Å². The van der Waals surface area contributed by atoms with Crippen molar-refractivity contribution in [3.8, 4) is 11.3 Å². The number of rotatable bonds is 3. The van der Waals surface area contributed by atoms with Gasteiger partial charge in [-0.1, -0.05) is 11.3 Å². The summed E-state index contributed by atoms with van der Waals surface area (Å²) >= 11 is 1.58. The van der Waals surface area contributed by atoms with Crippen LogP contribution in [0.5, 0.6) is 0 Å². The van der Waals surface area contributed by atoms with Gasteiger partial charge in [0.25, 0.3) is 0 Å². The molecule has 0 bridgehead atoms. The zero-order valence-corrected chi connectivity index (χ0v) is 14.8. The number of piperidine rings is 1. The minimum absolute atomic E-state index is 0.244. The van der Waals surface area contributed by atoms with Crippen LogP contribution < -0.4 is 4.90 Å². The minimum atomic E-state index is -0.244. The van der Waals surface area contributed by atoms with E-state index in [0.29, 0.717) is 5.92 Å². The summed E-state index contributed by atoms with van der Waals surface area (Å²) in [5.41, 5.74) is 1.70. The third-order valence-corrected chi connectivity index (χ3v) is 5.75. The number of H-pyrrole nitrogens is 1. The highest BCUT2D eigenvalue weighted by Gasteiger charge is 2.25. The third kappa shape index (κ3) is 2.76. The molecule has 5 rings (SSSR count). The maximum atomic E-state index is 13.1. The van der Waals surface area contributed by atoms with Gasteiger partial charge >= 0.3 is 0 Å². The fourth-order valence-corrected chi connectivity index (χ4v) is 4.37. The van der Waals surface area contributed by atoms with Gasteiger partial charge in [0.05, 0.1) is 11.9 Å². The van der Waals surface area contributed by atoms with E-state index in [2.05, 4.69) is 19.9 Å². The molecule has 4 heterocycles. The SMILES string of the molecule is Fc1ccc(-c2cn3nc(N4CCCC(c5ncc[nH]5)C4)sc3n2)cc1. The van der Waals surface area contributed by atoms with Gasteiger partial charge in [0, 0.05) is 37.0 Å². The molecule has 0 saturated carbocycles. The Labute approximate surface area is 153 Å². The van der Waals surface area contributed by atoms with E-state index in [1.54, 1.807) is 23.5 Å². The van der Waals surface area contributed by atoms with Gasteiger partial charge in [0.2, 0.25) is 10.1 Å². The summed E-state index contributed by atoms with van der Waals surface area (Å²) in [6.45, 7) is 1.91. The Balaban J connectivity index is 1.40. The minimum Gasteiger partial charge on any atom is -0.348 e. The first-order valence-corrected chi connectivity index (χ1v) is 9.44. The van der Waals surface area contributed by atoms with Crippen LogP contribution in [-0.2, 0) is 0 Å². The molecule has 1 aliphatic heterocycles. The molecule has 1 saturated heterocycles. The standard InChI is InChI=1S/C18H17FN6S/c19-14-5-3-12(4-6-14)15-11-25-17(22-15)26-18(23-25)24-9-1-2-13(10-24)16-20-7-8-21-16/h3-8,11,13H,1-2,9-10H2,(H,20,21). The van der Waals surface area contributed by atoms with E-state index in [1.165, 1.54) is 12.1 Å². The second-order valence-electron chi connectivity index (χ2n) is 6.50. The molecule has 0 amide bonds. The molecular weight excluding hydrogens is 351 g/mol.